The van der Waals surface area contributed by atoms with E-state index in [0.717, 1.165) is 66.8 Å². The number of anilines is 1. The van der Waals surface area contributed by atoms with Gasteiger partial charge in [-0.1, -0.05) is 12.1 Å². The van der Waals surface area contributed by atoms with Crippen LogP contribution in [0.4, 0.5) is 10.5 Å². The molecule has 1 fully saturated rings. The Morgan fingerprint density at radius 2 is 2.03 bits per heavy atom. The Bertz CT molecular complexity index is 837. The molecular formula is C21H30N6OS. The number of amides is 2. The number of hydrogen-bond donors (Lipinski definition) is 3. The summed E-state index contributed by atoms with van der Waals surface area (Å²) in [6.45, 7) is 7.24. The van der Waals surface area contributed by atoms with Crippen LogP contribution in [0, 0.1) is 13.8 Å². The van der Waals surface area contributed by atoms with Gasteiger partial charge in [0.1, 0.15) is 0 Å². The van der Waals surface area contributed by atoms with Gasteiger partial charge in [-0.3, -0.25) is 4.99 Å². The number of hydrogen-bond acceptors (Lipinski definition) is 4. The SMILES string of the molecule is CN=C(NCCc1nc(C)c(C)s1)NCc1cccc(NC(=O)N2CCCC2)c1. The molecule has 0 bridgehead atoms. The molecule has 0 unspecified atom stereocenters. The Morgan fingerprint density at radius 1 is 1.24 bits per heavy atom. The number of rotatable bonds is 6. The number of nitrogens with one attached hydrogen (secondary N) is 3. The van der Waals surface area contributed by atoms with Crippen molar-refractivity contribution in [3.63, 3.8) is 0 Å². The third-order valence-corrected chi connectivity index (χ3v) is 6.09. The summed E-state index contributed by atoms with van der Waals surface area (Å²) in [5, 5.41) is 10.8. The number of aromatic nitrogens is 1. The van der Waals surface area contributed by atoms with Crippen molar-refractivity contribution in [3.05, 3.63) is 45.4 Å². The van der Waals surface area contributed by atoms with Gasteiger partial charge in [-0.2, -0.15) is 0 Å². The van der Waals surface area contributed by atoms with Crippen LogP contribution in [0.3, 0.4) is 0 Å². The fraction of sp³-hybridized carbons (Fsp3) is 0.476. The number of aliphatic imine (C=N–C) groups is 1. The first-order chi connectivity index (χ1) is 14.0. The summed E-state index contributed by atoms with van der Waals surface area (Å²) in [4.78, 5) is 24.3. The minimum Gasteiger partial charge on any atom is -0.356 e. The number of likely N-dealkylation sites (tertiary alicyclic amines) is 1. The zero-order valence-corrected chi connectivity index (χ0v) is 18.2. The minimum atomic E-state index is -0.0160. The van der Waals surface area contributed by atoms with E-state index >= 15 is 0 Å². The quantitative estimate of drug-likeness (QED) is 0.500. The zero-order chi connectivity index (χ0) is 20.6. The van der Waals surface area contributed by atoms with Crippen molar-refractivity contribution in [3.8, 4) is 0 Å². The summed E-state index contributed by atoms with van der Waals surface area (Å²) in [5.41, 5.74) is 3.02. The first-order valence-corrected chi connectivity index (χ1v) is 10.9. The minimum absolute atomic E-state index is 0.0160. The molecule has 1 aliphatic rings. The molecule has 156 valence electrons. The second kappa shape index (κ2) is 10.2. The molecule has 0 atom stereocenters. The van der Waals surface area contributed by atoms with Crippen LogP contribution < -0.4 is 16.0 Å². The van der Waals surface area contributed by atoms with Gasteiger partial charge < -0.3 is 20.9 Å². The van der Waals surface area contributed by atoms with Crippen LogP contribution in [0.5, 0.6) is 0 Å². The summed E-state index contributed by atoms with van der Waals surface area (Å²) in [5.74, 6) is 0.751. The topological polar surface area (TPSA) is 81.6 Å². The highest BCUT2D eigenvalue weighted by Crippen LogP contribution is 2.16. The highest BCUT2D eigenvalue weighted by atomic mass is 32.1. The van der Waals surface area contributed by atoms with Gasteiger partial charge in [0.2, 0.25) is 0 Å². The molecule has 1 saturated heterocycles. The normalized spacial score (nSPS) is 14.2. The van der Waals surface area contributed by atoms with Crippen molar-refractivity contribution in [1.29, 1.82) is 0 Å². The van der Waals surface area contributed by atoms with Crippen LogP contribution in [0.1, 0.15) is 34.0 Å². The molecule has 2 amide bonds. The summed E-state index contributed by atoms with van der Waals surface area (Å²) in [7, 11) is 1.76. The molecule has 0 radical (unpaired) electrons. The maximum atomic E-state index is 12.3. The van der Waals surface area contributed by atoms with Gasteiger partial charge in [0.05, 0.1) is 10.7 Å². The number of guanidine groups is 1. The van der Waals surface area contributed by atoms with E-state index in [0.29, 0.717) is 6.54 Å². The highest BCUT2D eigenvalue weighted by Gasteiger charge is 2.17. The number of urea groups is 1. The third kappa shape index (κ3) is 6.19. The molecule has 0 saturated carbocycles. The number of benzene rings is 1. The largest absolute Gasteiger partial charge is 0.356 e. The van der Waals surface area contributed by atoms with E-state index in [1.165, 1.54) is 4.88 Å². The van der Waals surface area contributed by atoms with Gasteiger partial charge in [-0.25, -0.2) is 9.78 Å². The number of aryl methyl sites for hydroxylation is 2. The Kier molecular flexibility index (Phi) is 7.46. The Hall–Kier alpha value is -2.61. The molecule has 1 aromatic heterocycles. The molecule has 1 aromatic carbocycles. The molecule has 3 N–H and O–H groups in total. The molecular weight excluding hydrogens is 384 g/mol. The standard InChI is InChI=1S/C21H30N6OS/c1-15-16(2)29-19(25-15)9-10-23-20(22-3)24-14-17-7-6-8-18(13-17)26-21(28)27-11-4-5-12-27/h6-8,13H,4-5,9-12,14H2,1-3H3,(H,26,28)(H2,22,23,24). The van der Waals surface area contributed by atoms with Crippen molar-refractivity contribution in [2.45, 2.75) is 39.7 Å². The first-order valence-electron chi connectivity index (χ1n) is 10.1. The fourth-order valence-electron chi connectivity index (χ4n) is 3.22. The van der Waals surface area contributed by atoms with Crippen molar-refractivity contribution in [1.82, 2.24) is 20.5 Å². The van der Waals surface area contributed by atoms with E-state index in [1.807, 2.05) is 36.1 Å². The summed E-state index contributed by atoms with van der Waals surface area (Å²) in [6, 6.07) is 7.89. The van der Waals surface area contributed by atoms with Crippen LogP contribution >= 0.6 is 11.3 Å². The van der Waals surface area contributed by atoms with E-state index in [9.17, 15) is 4.79 Å². The second-order valence-corrected chi connectivity index (χ2v) is 8.46. The van der Waals surface area contributed by atoms with Gasteiger partial charge in [0.25, 0.3) is 0 Å². The van der Waals surface area contributed by atoms with E-state index < -0.39 is 0 Å². The van der Waals surface area contributed by atoms with Crippen LogP contribution in [-0.4, -0.2) is 48.6 Å². The van der Waals surface area contributed by atoms with E-state index in [-0.39, 0.29) is 6.03 Å². The highest BCUT2D eigenvalue weighted by molar-refractivity contribution is 7.11. The van der Waals surface area contributed by atoms with Crippen molar-refractivity contribution in [2.24, 2.45) is 4.99 Å². The molecule has 1 aliphatic heterocycles. The van der Waals surface area contributed by atoms with E-state index in [2.05, 4.69) is 32.9 Å². The molecule has 0 aliphatic carbocycles. The fourth-order valence-corrected chi connectivity index (χ4v) is 4.16. The summed E-state index contributed by atoms with van der Waals surface area (Å²) in [6.07, 6.45) is 3.05. The van der Waals surface area contributed by atoms with Gasteiger partial charge in [-0.15, -0.1) is 11.3 Å². The van der Waals surface area contributed by atoms with Crippen molar-refractivity contribution < 1.29 is 4.79 Å². The van der Waals surface area contributed by atoms with Crippen LogP contribution in [0.25, 0.3) is 0 Å². The number of nitrogens with zero attached hydrogens (tertiary/aromatic N) is 3. The second-order valence-electron chi connectivity index (χ2n) is 7.18. The van der Waals surface area contributed by atoms with Crippen molar-refractivity contribution >= 4 is 29.0 Å². The summed E-state index contributed by atoms with van der Waals surface area (Å²) >= 11 is 1.75. The molecule has 2 heterocycles. The average Bonchev–Trinajstić information content (AvgIpc) is 3.35. The zero-order valence-electron chi connectivity index (χ0n) is 17.4. The van der Waals surface area contributed by atoms with Crippen molar-refractivity contribution in [2.75, 3.05) is 32.0 Å². The maximum Gasteiger partial charge on any atom is 0.321 e. The molecule has 0 spiro atoms. The van der Waals surface area contributed by atoms with E-state index in [1.54, 1.807) is 18.4 Å². The van der Waals surface area contributed by atoms with Gasteiger partial charge in [0, 0.05) is 50.2 Å². The monoisotopic (exact) mass is 414 g/mol. The molecule has 2 aromatic rings. The lowest BCUT2D eigenvalue weighted by molar-refractivity contribution is 0.222. The molecule has 8 heteroatoms. The van der Waals surface area contributed by atoms with Gasteiger partial charge in [0.15, 0.2) is 5.96 Å². The molecule has 3 rings (SSSR count). The van der Waals surface area contributed by atoms with Gasteiger partial charge in [-0.05, 0) is 44.4 Å². The Morgan fingerprint density at radius 3 is 2.72 bits per heavy atom. The predicted octanol–water partition coefficient (Wildman–Crippen LogP) is 3.30. The van der Waals surface area contributed by atoms with Crippen LogP contribution in [-0.2, 0) is 13.0 Å². The lowest BCUT2D eigenvalue weighted by atomic mass is 10.2. The van der Waals surface area contributed by atoms with E-state index in [4.69, 9.17) is 0 Å². The molecule has 29 heavy (non-hydrogen) atoms. The third-order valence-electron chi connectivity index (χ3n) is 4.96. The predicted molar refractivity (Wildman–Crippen MR) is 120 cm³/mol. The smallest absolute Gasteiger partial charge is 0.321 e. The summed E-state index contributed by atoms with van der Waals surface area (Å²) < 4.78 is 0. The first kappa shape index (κ1) is 21.1. The lowest BCUT2D eigenvalue weighted by Gasteiger charge is -2.17. The van der Waals surface area contributed by atoms with Crippen LogP contribution in [0.15, 0.2) is 29.3 Å². The number of carbonyl (C=O) groups excluding carboxylic acids is 1. The average molecular weight is 415 g/mol. The number of carbonyl (C=O) groups is 1. The Balaban J connectivity index is 1.45. The van der Waals surface area contributed by atoms with Crippen LogP contribution in [0.2, 0.25) is 0 Å². The maximum absolute atomic E-state index is 12.3. The lowest BCUT2D eigenvalue weighted by Crippen LogP contribution is -2.37. The number of thiazole rings is 1. The Labute approximate surface area is 176 Å². The van der Waals surface area contributed by atoms with Gasteiger partial charge >= 0.3 is 6.03 Å². The molecule has 7 nitrogen and oxygen atoms in total.